The summed E-state index contributed by atoms with van der Waals surface area (Å²) in [4.78, 5) is 26.9. The number of aliphatic hydroxyl groups is 1. The third-order valence-corrected chi connectivity index (χ3v) is 4.20. The zero-order valence-electron chi connectivity index (χ0n) is 12.5. The number of unbranched alkanes of at least 4 members (excludes halogenated alkanes) is 1. The van der Waals surface area contributed by atoms with E-state index in [-0.39, 0.29) is 24.5 Å². The van der Waals surface area contributed by atoms with Crippen LogP contribution in [0.25, 0.3) is 0 Å². The van der Waals surface area contributed by atoms with Crippen molar-refractivity contribution in [1.82, 2.24) is 14.9 Å². The Morgan fingerprint density at radius 1 is 1.61 bits per heavy atom. The molecule has 1 aliphatic heterocycles. The fraction of sp³-hybridized carbons (Fsp3) is 0.615. The summed E-state index contributed by atoms with van der Waals surface area (Å²) in [7, 11) is 0. The summed E-state index contributed by atoms with van der Waals surface area (Å²) in [5, 5.41) is 11.2. The fourth-order valence-electron chi connectivity index (χ4n) is 1.94. The van der Waals surface area contributed by atoms with Crippen molar-refractivity contribution in [1.29, 1.82) is 0 Å². The number of aliphatic hydroxyl groups excluding tert-OH is 1. The van der Waals surface area contributed by atoms with Gasteiger partial charge in [-0.25, -0.2) is 9.59 Å². The first-order valence-corrected chi connectivity index (χ1v) is 8.28. The van der Waals surface area contributed by atoms with Crippen LogP contribution in [-0.4, -0.2) is 51.7 Å². The van der Waals surface area contributed by atoms with Gasteiger partial charge in [0.15, 0.2) is 0 Å². The summed E-state index contributed by atoms with van der Waals surface area (Å²) in [5.74, 6) is 0.715. The first kappa shape index (κ1) is 17.6. The summed E-state index contributed by atoms with van der Waals surface area (Å²) in [6.45, 7) is 0.640. The molecule has 128 valence electrons. The van der Waals surface area contributed by atoms with Crippen LogP contribution in [-0.2, 0) is 9.47 Å². The van der Waals surface area contributed by atoms with Gasteiger partial charge in [-0.1, -0.05) is 0 Å². The van der Waals surface area contributed by atoms with Crippen LogP contribution in [0.4, 0.5) is 10.6 Å². The van der Waals surface area contributed by atoms with Gasteiger partial charge in [0.2, 0.25) is 0 Å². The van der Waals surface area contributed by atoms with Gasteiger partial charge in [-0.05, 0) is 18.9 Å². The molecule has 0 aromatic carbocycles. The van der Waals surface area contributed by atoms with Gasteiger partial charge in [0, 0.05) is 25.1 Å². The lowest BCUT2D eigenvalue weighted by molar-refractivity contribution is -0.0105. The summed E-state index contributed by atoms with van der Waals surface area (Å²) in [5.41, 5.74) is 4.63. The number of hydrogen-bond donors (Lipinski definition) is 3. The molecular formula is C13H20N4O5S. The van der Waals surface area contributed by atoms with Crippen LogP contribution in [0, 0.1) is 0 Å². The number of nitrogens with zero attached hydrogens (tertiary/aromatic N) is 2. The zero-order valence-corrected chi connectivity index (χ0v) is 13.3. The molecule has 0 bridgehead atoms. The van der Waals surface area contributed by atoms with Crippen LogP contribution >= 0.6 is 11.8 Å². The molecule has 0 unspecified atom stereocenters. The molecule has 10 heteroatoms. The Bertz CT molecular complexity index is 582. The Labute approximate surface area is 137 Å². The van der Waals surface area contributed by atoms with Crippen molar-refractivity contribution in [3.63, 3.8) is 0 Å². The van der Waals surface area contributed by atoms with Crippen LogP contribution in [0.5, 0.6) is 0 Å². The Hall–Kier alpha value is -1.78. The minimum Gasteiger partial charge on any atom is -0.446 e. The lowest BCUT2D eigenvalue weighted by atomic mass is 10.3. The predicted octanol–water partition coefficient (Wildman–Crippen LogP) is -0.0877. The Balaban J connectivity index is 1.73. The van der Waals surface area contributed by atoms with Gasteiger partial charge in [-0.2, -0.15) is 4.98 Å². The standard InChI is InChI=1S/C13H20N4O5S/c14-9-3-5-17(12(19)16-9)10-8-23-11(22-10)7-21-13(20)15-4-1-2-6-18/h3,5,10-11,18H,1-2,4,6-8H2,(H,15,20)(H2,14,16,19)/t10-,11+/m0/s1. The number of ether oxygens (including phenoxy) is 2. The van der Waals surface area contributed by atoms with Crippen LogP contribution in [0.1, 0.15) is 19.1 Å². The number of nitrogens with two attached hydrogens (primary N) is 1. The number of thioether (sulfide) groups is 1. The molecule has 2 rings (SSSR count). The maximum atomic E-state index is 11.7. The number of carbonyl (C=O) groups excluding carboxylic acids is 1. The number of anilines is 1. The first-order chi connectivity index (χ1) is 11.1. The summed E-state index contributed by atoms with van der Waals surface area (Å²) >= 11 is 1.45. The first-order valence-electron chi connectivity index (χ1n) is 7.23. The van der Waals surface area contributed by atoms with Gasteiger partial charge >= 0.3 is 11.8 Å². The smallest absolute Gasteiger partial charge is 0.407 e. The summed E-state index contributed by atoms with van der Waals surface area (Å²) < 4.78 is 12.1. The third kappa shape index (κ3) is 5.41. The second-order valence-electron chi connectivity index (χ2n) is 4.85. The van der Waals surface area contributed by atoms with E-state index < -0.39 is 18.0 Å². The Morgan fingerprint density at radius 3 is 3.17 bits per heavy atom. The minimum absolute atomic E-state index is 0.0875. The van der Waals surface area contributed by atoms with Crippen molar-refractivity contribution < 1.29 is 19.4 Å². The molecule has 0 saturated carbocycles. The summed E-state index contributed by atoms with van der Waals surface area (Å²) in [6, 6.07) is 1.53. The maximum absolute atomic E-state index is 11.7. The van der Waals surface area contributed by atoms with Gasteiger partial charge in [-0.3, -0.25) is 4.57 Å². The van der Waals surface area contributed by atoms with Crippen molar-refractivity contribution in [2.24, 2.45) is 0 Å². The fourth-order valence-corrected chi connectivity index (χ4v) is 2.93. The molecular weight excluding hydrogens is 324 g/mol. The molecule has 0 aliphatic carbocycles. The number of nitrogen functional groups attached to an aromatic ring is 1. The number of carbonyl (C=O) groups is 1. The predicted molar refractivity (Wildman–Crippen MR) is 84.9 cm³/mol. The van der Waals surface area contributed by atoms with Gasteiger partial charge in [0.05, 0.1) is 0 Å². The van der Waals surface area contributed by atoms with Gasteiger partial charge < -0.3 is 25.6 Å². The van der Waals surface area contributed by atoms with Gasteiger partial charge in [0.25, 0.3) is 0 Å². The third-order valence-electron chi connectivity index (χ3n) is 3.10. The molecule has 1 fully saturated rings. The van der Waals surface area contributed by atoms with E-state index in [0.29, 0.717) is 25.1 Å². The van der Waals surface area contributed by atoms with Crippen LogP contribution in [0.2, 0.25) is 0 Å². The lowest BCUT2D eigenvalue weighted by Gasteiger charge is -2.14. The van der Waals surface area contributed by atoms with Gasteiger partial charge in [-0.15, -0.1) is 11.8 Å². The highest BCUT2D eigenvalue weighted by Gasteiger charge is 2.29. The monoisotopic (exact) mass is 344 g/mol. The normalized spacial score (nSPS) is 20.4. The van der Waals surface area contributed by atoms with E-state index in [4.69, 9.17) is 20.3 Å². The molecule has 1 saturated heterocycles. The van der Waals surface area contributed by atoms with Crippen LogP contribution in [0.15, 0.2) is 17.1 Å². The quantitative estimate of drug-likeness (QED) is 0.586. The highest BCUT2D eigenvalue weighted by molar-refractivity contribution is 8.00. The second-order valence-corrected chi connectivity index (χ2v) is 6.04. The van der Waals surface area contributed by atoms with Crippen molar-refractivity contribution >= 4 is 23.7 Å². The van der Waals surface area contributed by atoms with Crippen molar-refractivity contribution in [3.05, 3.63) is 22.7 Å². The van der Waals surface area contributed by atoms with E-state index in [1.807, 2.05) is 0 Å². The molecule has 0 spiro atoms. The molecule has 1 aromatic rings. The minimum atomic E-state index is -0.526. The van der Waals surface area contributed by atoms with E-state index in [1.165, 1.54) is 28.6 Å². The molecule has 2 atom stereocenters. The number of rotatable bonds is 7. The largest absolute Gasteiger partial charge is 0.446 e. The lowest BCUT2D eigenvalue weighted by Crippen LogP contribution is -2.30. The molecule has 2 heterocycles. The molecule has 4 N–H and O–H groups in total. The van der Waals surface area contributed by atoms with Crippen molar-refractivity contribution in [3.8, 4) is 0 Å². The van der Waals surface area contributed by atoms with Crippen molar-refractivity contribution in [2.45, 2.75) is 24.5 Å². The van der Waals surface area contributed by atoms with E-state index in [9.17, 15) is 9.59 Å². The van der Waals surface area contributed by atoms with E-state index in [2.05, 4.69) is 10.3 Å². The SMILES string of the molecule is Nc1ccn([C@@H]2CS[C@H](COC(=O)NCCCCO)O2)c(=O)n1. The highest BCUT2D eigenvalue weighted by atomic mass is 32.2. The molecule has 1 aromatic heterocycles. The highest BCUT2D eigenvalue weighted by Crippen LogP contribution is 2.30. The molecule has 1 amide bonds. The van der Waals surface area contributed by atoms with Gasteiger partial charge in [0.1, 0.15) is 24.1 Å². The topological polar surface area (TPSA) is 129 Å². The molecule has 1 aliphatic rings. The number of hydrogen-bond acceptors (Lipinski definition) is 8. The van der Waals surface area contributed by atoms with Crippen molar-refractivity contribution in [2.75, 3.05) is 31.2 Å². The number of amides is 1. The molecule has 23 heavy (non-hydrogen) atoms. The van der Waals surface area contributed by atoms with E-state index >= 15 is 0 Å². The Morgan fingerprint density at radius 2 is 2.43 bits per heavy atom. The van der Waals surface area contributed by atoms with E-state index in [1.54, 1.807) is 0 Å². The average Bonchev–Trinajstić information content (AvgIpc) is 2.98. The molecule has 0 radical (unpaired) electrons. The second kappa shape index (κ2) is 8.75. The Kier molecular flexibility index (Phi) is 6.68. The molecule has 9 nitrogen and oxygen atoms in total. The average molecular weight is 344 g/mol. The van der Waals surface area contributed by atoms with Crippen LogP contribution < -0.4 is 16.7 Å². The number of nitrogens with one attached hydrogen (secondary N) is 1. The number of aromatic nitrogens is 2. The summed E-state index contributed by atoms with van der Waals surface area (Å²) in [6.07, 6.45) is 1.87. The zero-order chi connectivity index (χ0) is 16.7. The van der Waals surface area contributed by atoms with Crippen LogP contribution in [0.3, 0.4) is 0 Å². The van der Waals surface area contributed by atoms with E-state index in [0.717, 1.165) is 0 Å². The number of alkyl carbamates (subject to hydrolysis) is 1. The maximum Gasteiger partial charge on any atom is 0.407 e.